The Bertz CT molecular complexity index is 611. The summed E-state index contributed by atoms with van der Waals surface area (Å²) in [5.41, 5.74) is -0.642. The monoisotopic (exact) mass is 302 g/mol. The topological polar surface area (TPSA) is 47.5 Å². The number of ether oxygens (including phenoxy) is 2. The molecule has 0 amide bonds. The van der Waals surface area contributed by atoms with Crippen molar-refractivity contribution >= 4 is 11.5 Å². The van der Waals surface area contributed by atoms with Gasteiger partial charge in [-0.2, -0.15) is 13.2 Å². The first-order valence-corrected chi connectivity index (χ1v) is 6.56. The molecule has 1 fully saturated rings. The van der Waals surface area contributed by atoms with Gasteiger partial charge in [0.15, 0.2) is 5.69 Å². The third kappa shape index (κ3) is 2.75. The normalized spacial score (nSPS) is 18.1. The van der Waals surface area contributed by atoms with Crippen LogP contribution in [-0.4, -0.2) is 28.9 Å². The maximum absolute atomic E-state index is 12.9. The molecule has 1 aromatic heterocycles. The molecule has 0 spiro atoms. The lowest BCUT2D eigenvalue weighted by molar-refractivity contribution is -0.140. The number of aromatic nitrogens is 2. The van der Waals surface area contributed by atoms with Crippen LogP contribution in [0.3, 0.4) is 0 Å². The average Bonchev–Trinajstić information content (AvgIpc) is 3.09. The van der Waals surface area contributed by atoms with E-state index in [4.69, 9.17) is 9.47 Å². The lowest BCUT2D eigenvalue weighted by Crippen LogP contribution is -2.08. The van der Waals surface area contributed by atoms with Gasteiger partial charge in [-0.25, -0.2) is 0 Å². The number of para-hydroxylation sites is 1. The Labute approximate surface area is 116 Å². The van der Waals surface area contributed by atoms with Crippen molar-refractivity contribution < 1.29 is 22.6 Å². The van der Waals surface area contributed by atoms with Gasteiger partial charge in [0, 0.05) is 5.56 Å². The van der Waals surface area contributed by atoms with Gasteiger partial charge in [0.1, 0.15) is 18.5 Å². The predicted molar refractivity (Wildman–Crippen MR) is 65.6 cm³/mol. The Morgan fingerprint density at radius 2 is 2.10 bits per heavy atom. The second-order valence-corrected chi connectivity index (χ2v) is 4.97. The lowest BCUT2D eigenvalue weighted by atomic mass is 10.1. The zero-order valence-corrected chi connectivity index (χ0v) is 10.9. The SMILES string of the molecule is FC(F)(F)c1nnsc1-c1ccccc1OCC1CO1. The van der Waals surface area contributed by atoms with E-state index in [1.54, 1.807) is 24.3 Å². The van der Waals surface area contributed by atoms with Crippen LogP contribution in [0.1, 0.15) is 5.69 Å². The molecule has 20 heavy (non-hydrogen) atoms. The highest BCUT2D eigenvalue weighted by molar-refractivity contribution is 7.09. The van der Waals surface area contributed by atoms with Crippen LogP contribution in [0, 0.1) is 0 Å². The minimum absolute atomic E-state index is 0.0322. The van der Waals surface area contributed by atoms with E-state index < -0.39 is 11.9 Å². The van der Waals surface area contributed by atoms with Gasteiger partial charge in [-0.3, -0.25) is 0 Å². The standard InChI is InChI=1S/C12H9F3N2O2S/c13-12(14,15)11-10(20-17-16-11)8-3-1-2-4-9(8)19-6-7-5-18-7/h1-4,7H,5-6H2. The molecule has 0 radical (unpaired) electrons. The Kier molecular flexibility index (Phi) is 3.35. The Hall–Kier alpha value is -1.67. The van der Waals surface area contributed by atoms with Gasteiger partial charge >= 0.3 is 6.18 Å². The van der Waals surface area contributed by atoms with E-state index in [0.717, 1.165) is 0 Å². The van der Waals surface area contributed by atoms with Gasteiger partial charge in [-0.1, -0.05) is 16.6 Å². The van der Waals surface area contributed by atoms with Gasteiger partial charge in [-0.15, -0.1) is 5.10 Å². The molecule has 0 aliphatic carbocycles. The van der Waals surface area contributed by atoms with Gasteiger partial charge in [0.2, 0.25) is 0 Å². The maximum atomic E-state index is 12.9. The number of benzene rings is 1. The van der Waals surface area contributed by atoms with Crippen LogP contribution in [0.2, 0.25) is 0 Å². The number of hydrogen-bond acceptors (Lipinski definition) is 5. The Morgan fingerprint density at radius 1 is 1.35 bits per heavy atom. The summed E-state index contributed by atoms with van der Waals surface area (Å²) in [6, 6.07) is 6.54. The number of halogens is 3. The van der Waals surface area contributed by atoms with Crippen LogP contribution < -0.4 is 4.74 Å². The maximum Gasteiger partial charge on any atom is 0.436 e. The van der Waals surface area contributed by atoms with Crippen molar-refractivity contribution in [2.75, 3.05) is 13.2 Å². The highest BCUT2D eigenvalue weighted by atomic mass is 32.1. The van der Waals surface area contributed by atoms with Crippen molar-refractivity contribution in [3.05, 3.63) is 30.0 Å². The van der Waals surface area contributed by atoms with Gasteiger partial charge in [0.05, 0.1) is 11.5 Å². The molecule has 1 unspecified atom stereocenters. The first-order valence-electron chi connectivity index (χ1n) is 5.79. The number of alkyl halides is 3. The van der Waals surface area contributed by atoms with E-state index in [2.05, 4.69) is 9.59 Å². The third-order valence-corrected chi connectivity index (χ3v) is 3.47. The molecule has 2 aromatic rings. The number of hydrogen-bond donors (Lipinski definition) is 0. The van der Waals surface area contributed by atoms with Crippen molar-refractivity contribution in [3.8, 4) is 16.2 Å². The molecule has 1 aliphatic rings. The quantitative estimate of drug-likeness (QED) is 0.815. The molecule has 106 valence electrons. The van der Waals surface area contributed by atoms with Crippen LogP contribution in [-0.2, 0) is 10.9 Å². The van der Waals surface area contributed by atoms with Crippen molar-refractivity contribution in [3.63, 3.8) is 0 Å². The lowest BCUT2D eigenvalue weighted by Gasteiger charge is -2.10. The summed E-state index contributed by atoms with van der Waals surface area (Å²) in [5, 5.41) is 3.18. The number of rotatable bonds is 4. The highest BCUT2D eigenvalue weighted by Gasteiger charge is 2.38. The molecule has 1 aromatic carbocycles. The second-order valence-electron chi connectivity index (χ2n) is 4.21. The average molecular weight is 302 g/mol. The van der Waals surface area contributed by atoms with E-state index in [9.17, 15) is 13.2 Å². The minimum Gasteiger partial charge on any atom is -0.490 e. The van der Waals surface area contributed by atoms with Crippen molar-refractivity contribution in [1.29, 1.82) is 0 Å². The van der Waals surface area contributed by atoms with Crippen molar-refractivity contribution in [2.24, 2.45) is 0 Å². The molecule has 8 heteroatoms. The van der Waals surface area contributed by atoms with E-state index >= 15 is 0 Å². The van der Waals surface area contributed by atoms with Crippen molar-refractivity contribution in [2.45, 2.75) is 12.3 Å². The van der Waals surface area contributed by atoms with Gasteiger partial charge in [-0.05, 0) is 23.7 Å². The predicted octanol–water partition coefficient (Wildman–Crippen LogP) is 3.00. The first-order chi connectivity index (χ1) is 9.55. The van der Waals surface area contributed by atoms with E-state index in [0.29, 0.717) is 36.1 Å². The number of epoxide rings is 1. The largest absolute Gasteiger partial charge is 0.490 e. The molecule has 2 heterocycles. The molecule has 0 saturated carbocycles. The van der Waals surface area contributed by atoms with Crippen molar-refractivity contribution in [1.82, 2.24) is 9.59 Å². The molecular formula is C12H9F3N2O2S. The molecule has 0 N–H and O–H groups in total. The molecule has 3 rings (SSSR count). The molecular weight excluding hydrogens is 293 g/mol. The Balaban J connectivity index is 1.95. The van der Waals surface area contributed by atoms with Gasteiger partial charge in [0.25, 0.3) is 0 Å². The third-order valence-electron chi connectivity index (χ3n) is 2.72. The zero-order valence-electron chi connectivity index (χ0n) is 10.1. The summed E-state index contributed by atoms with van der Waals surface area (Å²) in [6.45, 7) is 0.947. The summed E-state index contributed by atoms with van der Waals surface area (Å²) in [6.07, 6.45) is -4.50. The highest BCUT2D eigenvalue weighted by Crippen LogP contribution is 2.41. The second kappa shape index (κ2) is 5.02. The molecule has 0 bridgehead atoms. The summed E-state index contributed by atoms with van der Waals surface area (Å²) < 4.78 is 52.5. The van der Waals surface area contributed by atoms with Crippen LogP contribution in [0.15, 0.2) is 24.3 Å². The fourth-order valence-corrected chi connectivity index (χ4v) is 2.39. The minimum atomic E-state index is -4.53. The van der Waals surface area contributed by atoms with Crippen LogP contribution in [0.4, 0.5) is 13.2 Å². The summed E-state index contributed by atoms with van der Waals surface area (Å²) in [7, 11) is 0. The Morgan fingerprint density at radius 3 is 2.80 bits per heavy atom. The zero-order chi connectivity index (χ0) is 14.2. The summed E-state index contributed by atoms with van der Waals surface area (Å²) in [4.78, 5) is -0.0372. The van der Waals surface area contributed by atoms with E-state index in [1.807, 2.05) is 0 Å². The smallest absolute Gasteiger partial charge is 0.436 e. The summed E-state index contributed by atoms with van der Waals surface area (Å²) in [5.74, 6) is 0.375. The fourth-order valence-electron chi connectivity index (χ4n) is 1.68. The molecule has 1 saturated heterocycles. The van der Waals surface area contributed by atoms with E-state index in [-0.39, 0.29) is 11.0 Å². The molecule has 4 nitrogen and oxygen atoms in total. The molecule has 1 atom stereocenters. The van der Waals surface area contributed by atoms with Crippen LogP contribution in [0.5, 0.6) is 5.75 Å². The van der Waals surface area contributed by atoms with Crippen LogP contribution >= 0.6 is 11.5 Å². The van der Waals surface area contributed by atoms with Crippen LogP contribution in [0.25, 0.3) is 10.4 Å². The van der Waals surface area contributed by atoms with Gasteiger partial charge < -0.3 is 9.47 Å². The first kappa shape index (κ1) is 13.3. The summed E-state index contributed by atoms with van der Waals surface area (Å²) >= 11 is 0.701. The van der Waals surface area contributed by atoms with E-state index in [1.165, 1.54) is 0 Å². The number of nitrogens with zero attached hydrogens (tertiary/aromatic N) is 2. The fraction of sp³-hybridized carbons (Fsp3) is 0.333. The molecule has 1 aliphatic heterocycles.